The van der Waals surface area contributed by atoms with E-state index in [0.717, 1.165) is 5.56 Å². The van der Waals surface area contributed by atoms with Crippen LogP contribution in [0.1, 0.15) is 24.0 Å². The molecule has 1 amide bonds. The lowest BCUT2D eigenvalue weighted by Gasteiger charge is -2.24. The van der Waals surface area contributed by atoms with Gasteiger partial charge in [-0.3, -0.25) is 19.7 Å². The quantitative estimate of drug-likeness (QED) is 0.460. The van der Waals surface area contributed by atoms with Crippen LogP contribution in [0.2, 0.25) is 0 Å². The van der Waals surface area contributed by atoms with Gasteiger partial charge in [-0.2, -0.15) is 0 Å². The lowest BCUT2D eigenvalue weighted by molar-refractivity contribution is -0.529. The van der Waals surface area contributed by atoms with E-state index in [0.29, 0.717) is 11.3 Å². The normalized spacial score (nSPS) is 17.5. The van der Waals surface area contributed by atoms with Crippen molar-refractivity contribution in [3.05, 3.63) is 75.8 Å². The van der Waals surface area contributed by atoms with Gasteiger partial charge in [-0.15, -0.1) is 0 Å². The lowest BCUT2D eigenvalue weighted by atomic mass is 9.80. The van der Waals surface area contributed by atoms with Crippen LogP contribution in [-0.2, 0) is 20.7 Å². The van der Waals surface area contributed by atoms with Gasteiger partial charge >= 0.3 is 5.97 Å². The minimum Gasteiger partial charge on any atom is -0.466 e. The van der Waals surface area contributed by atoms with Crippen LogP contribution in [0.4, 0.5) is 5.69 Å². The van der Waals surface area contributed by atoms with Crippen molar-refractivity contribution >= 4 is 17.6 Å². The summed E-state index contributed by atoms with van der Waals surface area (Å²) in [6.45, 7) is 1.72. The molecule has 0 fully saturated rings. The van der Waals surface area contributed by atoms with Crippen LogP contribution >= 0.6 is 0 Å². The van der Waals surface area contributed by atoms with Crippen molar-refractivity contribution in [1.82, 2.24) is 0 Å². The molecule has 3 atom stereocenters. The molecule has 0 radical (unpaired) electrons. The van der Waals surface area contributed by atoms with Gasteiger partial charge in [0, 0.05) is 17.0 Å². The predicted molar refractivity (Wildman–Crippen MR) is 98.9 cm³/mol. The smallest absolute Gasteiger partial charge is 0.317 e. The highest BCUT2D eigenvalue weighted by Crippen LogP contribution is 2.40. The topological polar surface area (TPSA) is 98.5 Å². The van der Waals surface area contributed by atoms with Gasteiger partial charge in [0.05, 0.1) is 12.5 Å². The summed E-state index contributed by atoms with van der Waals surface area (Å²) in [5.41, 5.74) is 1.88. The van der Waals surface area contributed by atoms with Gasteiger partial charge in [0.15, 0.2) is 0 Å². The number of anilines is 1. The van der Waals surface area contributed by atoms with Crippen molar-refractivity contribution in [2.24, 2.45) is 5.92 Å². The van der Waals surface area contributed by atoms with Crippen molar-refractivity contribution in [3.63, 3.8) is 0 Å². The van der Waals surface area contributed by atoms with E-state index in [2.05, 4.69) is 5.32 Å². The number of esters is 1. The van der Waals surface area contributed by atoms with E-state index in [1.54, 1.807) is 55.5 Å². The van der Waals surface area contributed by atoms with E-state index in [9.17, 15) is 19.7 Å². The molecule has 1 aliphatic heterocycles. The van der Waals surface area contributed by atoms with Gasteiger partial charge in [0.1, 0.15) is 5.92 Å². The third kappa shape index (κ3) is 3.81. The number of carbonyl (C=O) groups is 2. The van der Waals surface area contributed by atoms with Crippen LogP contribution < -0.4 is 5.32 Å². The summed E-state index contributed by atoms with van der Waals surface area (Å²) in [6.07, 6.45) is 0.0310. The molecule has 0 aromatic heterocycles. The van der Waals surface area contributed by atoms with E-state index in [1.807, 2.05) is 6.07 Å². The Labute approximate surface area is 156 Å². The summed E-state index contributed by atoms with van der Waals surface area (Å²) in [4.78, 5) is 36.7. The van der Waals surface area contributed by atoms with Crippen LogP contribution in [0.3, 0.4) is 0 Å². The number of rotatable bonds is 7. The monoisotopic (exact) mass is 368 g/mol. The molecule has 2 aromatic carbocycles. The maximum Gasteiger partial charge on any atom is 0.317 e. The van der Waals surface area contributed by atoms with Crippen LogP contribution in [0.5, 0.6) is 0 Å². The van der Waals surface area contributed by atoms with Crippen molar-refractivity contribution in [2.45, 2.75) is 25.3 Å². The molecule has 0 saturated carbocycles. The van der Waals surface area contributed by atoms with Gasteiger partial charge in [-0.1, -0.05) is 48.5 Å². The number of hydrogen-bond acceptors (Lipinski definition) is 5. The molecule has 3 rings (SSSR count). The highest BCUT2D eigenvalue weighted by Gasteiger charge is 2.50. The number of fused-ring (bicyclic) bond motifs is 1. The second-order valence-electron chi connectivity index (χ2n) is 6.37. The fourth-order valence-electron chi connectivity index (χ4n) is 3.53. The Bertz CT molecular complexity index is 852. The van der Waals surface area contributed by atoms with Gasteiger partial charge in [0.2, 0.25) is 11.9 Å². The zero-order valence-electron chi connectivity index (χ0n) is 14.8. The molecule has 0 aliphatic carbocycles. The minimum atomic E-state index is -1.28. The fourth-order valence-corrected chi connectivity index (χ4v) is 3.53. The number of ether oxygens (including phenoxy) is 1. The summed E-state index contributed by atoms with van der Waals surface area (Å²) in [6, 6.07) is 14.6. The summed E-state index contributed by atoms with van der Waals surface area (Å²) >= 11 is 0. The highest BCUT2D eigenvalue weighted by atomic mass is 16.6. The molecule has 7 heteroatoms. The highest BCUT2D eigenvalue weighted by molar-refractivity contribution is 6.05. The molecule has 1 aliphatic rings. The average molecular weight is 368 g/mol. The third-order valence-electron chi connectivity index (χ3n) is 4.73. The number of amides is 1. The summed E-state index contributed by atoms with van der Waals surface area (Å²) < 4.78 is 5.13. The maximum absolute atomic E-state index is 12.7. The third-order valence-corrected chi connectivity index (χ3v) is 4.73. The molecule has 7 nitrogen and oxygen atoms in total. The van der Waals surface area contributed by atoms with Crippen LogP contribution in [0.25, 0.3) is 0 Å². The summed E-state index contributed by atoms with van der Waals surface area (Å²) in [5, 5.41) is 14.6. The van der Waals surface area contributed by atoms with Gasteiger partial charge in [-0.05, 0) is 24.1 Å². The van der Waals surface area contributed by atoms with Crippen LogP contribution in [0, 0.1) is 16.0 Å². The standard InChI is InChI=1S/C20H20N2O5/c1-2-27-20(24)18(16(22(25)26)12-13-8-4-3-5-9-13)17-14-10-6-7-11-15(14)21-19(17)23/h3-11,16-18H,2,12H2,1H3,(H,21,23)/t16-,17-,18-/m0/s1. The average Bonchev–Trinajstić information content (AvgIpc) is 2.98. The number of nitro groups is 1. The summed E-state index contributed by atoms with van der Waals surface area (Å²) in [7, 11) is 0. The van der Waals surface area contributed by atoms with Crippen molar-refractivity contribution in [2.75, 3.05) is 11.9 Å². The van der Waals surface area contributed by atoms with E-state index in [4.69, 9.17) is 4.74 Å². The molecular weight excluding hydrogens is 348 g/mol. The second-order valence-corrected chi connectivity index (χ2v) is 6.37. The fraction of sp³-hybridized carbons (Fsp3) is 0.300. The number of nitrogens with zero attached hydrogens (tertiary/aromatic N) is 1. The Hall–Kier alpha value is -3.22. The largest absolute Gasteiger partial charge is 0.466 e. The molecule has 1 N–H and O–H groups in total. The van der Waals surface area contributed by atoms with E-state index in [1.165, 1.54) is 0 Å². The lowest BCUT2D eigenvalue weighted by Crippen LogP contribution is -2.43. The molecule has 140 valence electrons. The zero-order valence-corrected chi connectivity index (χ0v) is 14.8. The molecule has 0 bridgehead atoms. The Morgan fingerprint density at radius 1 is 1.19 bits per heavy atom. The molecule has 0 unspecified atom stereocenters. The zero-order chi connectivity index (χ0) is 19.4. The SMILES string of the molecule is CCOC(=O)[C@H]([C@H]1C(=O)Nc2ccccc21)[C@H](Cc1ccccc1)[N+](=O)[O-]. The molecular formula is C20H20N2O5. The van der Waals surface area contributed by atoms with Crippen molar-refractivity contribution in [1.29, 1.82) is 0 Å². The molecule has 0 spiro atoms. The number of hydrogen-bond donors (Lipinski definition) is 1. The maximum atomic E-state index is 12.7. The Morgan fingerprint density at radius 3 is 2.52 bits per heavy atom. The second kappa shape index (κ2) is 7.99. The first-order valence-corrected chi connectivity index (χ1v) is 8.76. The Morgan fingerprint density at radius 2 is 1.85 bits per heavy atom. The minimum absolute atomic E-state index is 0.0310. The summed E-state index contributed by atoms with van der Waals surface area (Å²) in [5.74, 6) is -3.33. The Balaban J connectivity index is 2.03. The molecule has 27 heavy (non-hydrogen) atoms. The number of carbonyl (C=O) groups excluding carboxylic acids is 2. The van der Waals surface area contributed by atoms with Gasteiger partial charge in [0.25, 0.3) is 0 Å². The first-order valence-electron chi connectivity index (χ1n) is 8.76. The van der Waals surface area contributed by atoms with E-state index < -0.39 is 34.7 Å². The van der Waals surface area contributed by atoms with Crippen LogP contribution in [-0.4, -0.2) is 29.4 Å². The molecule has 1 heterocycles. The van der Waals surface area contributed by atoms with Crippen molar-refractivity contribution in [3.8, 4) is 0 Å². The number of nitrogens with one attached hydrogen (secondary N) is 1. The number of para-hydroxylation sites is 1. The van der Waals surface area contributed by atoms with Crippen molar-refractivity contribution < 1.29 is 19.2 Å². The molecule has 2 aromatic rings. The predicted octanol–water partition coefficient (Wildman–Crippen LogP) is 2.79. The number of benzene rings is 2. The first-order chi connectivity index (χ1) is 13.0. The molecule has 0 saturated heterocycles. The van der Waals surface area contributed by atoms with E-state index in [-0.39, 0.29) is 13.0 Å². The first kappa shape index (κ1) is 18.6. The van der Waals surface area contributed by atoms with Crippen LogP contribution in [0.15, 0.2) is 54.6 Å². The van der Waals surface area contributed by atoms with E-state index >= 15 is 0 Å². The Kier molecular flexibility index (Phi) is 5.49. The van der Waals surface area contributed by atoms with Gasteiger partial charge < -0.3 is 10.1 Å². The van der Waals surface area contributed by atoms with Gasteiger partial charge in [-0.25, -0.2) is 0 Å².